The quantitative estimate of drug-likeness (QED) is 0.668. The molecule has 0 aromatic heterocycles. The van der Waals surface area contributed by atoms with Crippen LogP contribution in [0.5, 0.6) is 5.75 Å². The molecule has 0 fully saturated rings. The van der Waals surface area contributed by atoms with Gasteiger partial charge in [-0.2, -0.15) is 0 Å². The molecule has 0 radical (unpaired) electrons. The number of nitrogens with zero attached hydrogens (tertiary/aromatic N) is 1. The normalized spacial score (nSPS) is 17.2. The number of rotatable bonds is 4. The summed E-state index contributed by atoms with van der Waals surface area (Å²) in [4.78, 5) is 15.1. The van der Waals surface area contributed by atoms with Crippen LogP contribution in [-0.2, 0) is 11.2 Å². The minimum atomic E-state index is -0.482. The average molecular weight is 345 g/mol. The largest absolute Gasteiger partial charge is 0.481 e. The minimum Gasteiger partial charge on any atom is -0.481 e. The van der Waals surface area contributed by atoms with E-state index in [2.05, 4.69) is 25.1 Å². The molecule has 0 aliphatic carbocycles. The highest BCUT2D eigenvalue weighted by Gasteiger charge is 2.34. The van der Waals surface area contributed by atoms with Gasteiger partial charge in [0.25, 0.3) is 5.91 Å². The molecule has 0 saturated heterocycles. The Labute approximate surface area is 154 Å². The third-order valence-electron chi connectivity index (χ3n) is 5.09. The van der Waals surface area contributed by atoms with Crippen LogP contribution < -0.4 is 9.64 Å². The van der Waals surface area contributed by atoms with Crippen molar-refractivity contribution in [2.45, 2.75) is 38.8 Å². The van der Waals surface area contributed by atoms with Gasteiger partial charge in [0.15, 0.2) is 6.10 Å². The van der Waals surface area contributed by atoms with Gasteiger partial charge >= 0.3 is 0 Å². The fourth-order valence-corrected chi connectivity index (χ4v) is 3.77. The van der Waals surface area contributed by atoms with Crippen molar-refractivity contribution in [3.05, 3.63) is 72.3 Å². The van der Waals surface area contributed by atoms with E-state index in [9.17, 15) is 4.79 Å². The lowest BCUT2D eigenvalue weighted by atomic mass is 10.1. The van der Waals surface area contributed by atoms with E-state index in [0.717, 1.165) is 23.2 Å². The van der Waals surface area contributed by atoms with E-state index in [4.69, 9.17) is 4.74 Å². The summed E-state index contributed by atoms with van der Waals surface area (Å²) in [7, 11) is 0. The molecule has 0 unspecified atom stereocenters. The SMILES string of the molecule is CC[C@@H](Oc1ccc2ccccc2c1)C(=O)N1c2ccccc2C[C@H]1C. The third-order valence-corrected chi connectivity index (χ3v) is 5.09. The maximum Gasteiger partial charge on any atom is 0.268 e. The summed E-state index contributed by atoms with van der Waals surface area (Å²) in [6.45, 7) is 4.09. The highest BCUT2D eigenvalue weighted by molar-refractivity contribution is 5.99. The maximum atomic E-state index is 13.2. The van der Waals surface area contributed by atoms with E-state index in [1.165, 1.54) is 10.9 Å². The number of hydrogen-bond donors (Lipinski definition) is 0. The van der Waals surface area contributed by atoms with Gasteiger partial charge in [-0.1, -0.05) is 55.5 Å². The first-order valence-corrected chi connectivity index (χ1v) is 9.24. The van der Waals surface area contributed by atoms with Crippen molar-refractivity contribution in [2.75, 3.05) is 4.90 Å². The van der Waals surface area contributed by atoms with Crippen LogP contribution in [0.3, 0.4) is 0 Å². The first-order chi connectivity index (χ1) is 12.7. The summed E-state index contributed by atoms with van der Waals surface area (Å²) in [5, 5.41) is 2.29. The van der Waals surface area contributed by atoms with E-state index < -0.39 is 6.10 Å². The highest BCUT2D eigenvalue weighted by atomic mass is 16.5. The summed E-state index contributed by atoms with van der Waals surface area (Å²) in [6.07, 6.45) is 1.05. The lowest BCUT2D eigenvalue weighted by molar-refractivity contribution is -0.125. The van der Waals surface area contributed by atoms with Crippen molar-refractivity contribution in [1.82, 2.24) is 0 Å². The Morgan fingerprint density at radius 3 is 2.62 bits per heavy atom. The van der Waals surface area contributed by atoms with E-state index in [1.54, 1.807) is 0 Å². The molecule has 1 aliphatic heterocycles. The topological polar surface area (TPSA) is 29.5 Å². The predicted octanol–water partition coefficient (Wildman–Crippen LogP) is 4.98. The van der Waals surface area contributed by atoms with Crippen molar-refractivity contribution in [2.24, 2.45) is 0 Å². The van der Waals surface area contributed by atoms with Crippen LogP contribution in [0.1, 0.15) is 25.8 Å². The number of amides is 1. The fourth-order valence-electron chi connectivity index (χ4n) is 3.77. The number of fused-ring (bicyclic) bond motifs is 2. The zero-order valence-corrected chi connectivity index (χ0v) is 15.2. The Morgan fingerprint density at radius 2 is 1.81 bits per heavy atom. The molecule has 1 heterocycles. The number of hydrogen-bond acceptors (Lipinski definition) is 2. The molecule has 3 nitrogen and oxygen atoms in total. The van der Waals surface area contributed by atoms with E-state index in [-0.39, 0.29) is 11.9 Å². The second-order valence-corrected chi connectivity index (χ2v) is 6.91. The van der Waals surface area contributed by atoms with Gasteiger partial charge in [0.2, 0.25) is 0 Å². The Bertz CT molecular complexity index is 950. The third kappa shape index (κ3) is 2.94. The maximum absolute atomic E-state index is 13.2. The molecule has 4 rings (SSSR count). The van der Waals surface area contributed by atoms with Crippen molar-refractivity contribution < 1.29 is 9.53 Å². The molecule has 0 bridgehead atoms. The Balaban J connectivity index is 1.59. The average Bonchev–Trinajstić information content (AvgIpc) is 3.01. The zero-order chi connectivity index (χ0) is 18.1. The lowest BCUT2D eigenvalue weighted by Crippen LogP contribution is -2.44. The first kappa shape index (κ1) is 16.6. The smallest absolute Gasteiger partial charge is 0.268 e. The number of para-hydroxylation sites is 1. The molecular weight excluding hydrogens is 322 g/mol. The van der Waals surface area contributed by atoms with Crippen molar-refractivity contribution in [3.63, 3.8) is 0 Å². The summed E-state index contributed by atoms with van der Waals surface area (Å²) in [5.41, 5.74) is 2.25. The fraction of sp³-hybridized carbons (Fsp3) is 0.261. The van der Waals surface area contributed by atoms with Crippen molar-refractivity contribution in [3.8, 4) is 5.75 Å². The lowest BCUT2D eigenvalue weighted by Gasteiger charge is -2.27. The van der Waals surface area contributed by atoms with Crippen LogP contribution in [0.4, 0.5) is 5.69 Å². The molecule has 2 atom stereocenters. The van der Waals surface area contributed by atoms with Gasteiger partial charge in [0, 0.05) is 11.7 Å². The van der Waals surface area contributed by atoms with Gasteiger partial charge in [-0.3, -0.25) is 4.79 Å². The van der Waals surface area contributed by atoms with Gasteiger partial charge in [0.1, 0.15) is 5.75 Å². The number of carbonyl (C=O) groups is 1. The zero-order valence-electron chi connectivity index (χ0n) is 15.2. The van der Waals surface area contributed by atoms with E-state index in [0.29, 0.717) is 6.42 Å². The molecule has 26 heavy (non-hydrogen) atoms. The summed E-state index contributed by atoms with van der Waals surface area (Å²) < 4.78 is 6.12. The number of anilines is 1. The minimum absolute atomic E-state index is 0.0399. The Kier molecular flexibility index (Phi) is 4.37. The van der Waals surface area contributed by atoms with Crippen LogP contribution in [0.15, 0.2) is 66.7 Å². The molecule has 0 N–H and O–H groups in total. The van der Waals surface area contributed by atoms with Gasteiger partial charge in [0.05, 0.1) is 0 Å². The molecular formula is C23H23NO2. The van der Waals surface area contributed by atoms with Crippen molar-refractivity contribution in [1.29, 1.82) is 0 Å². The van der Waals surface area contributed by atoms with Crippen LogP contribution in [-0.4, -0.2) is 18.1 Å². The summed E-state index contributed by atoms with van der Waals surface area (Å²) >= 11 is 0. The molecule has 0 saturated carbocycles. The second kappa shape index (κ2) is 6.83. The van der Waals surface area contributed by atoms with Crippen molar-refractivity contribution >= 4 is 22.4 Å². The molecule has 3 aromatic rings. The number of carbonyl (C=O) groups excluding carboxylic acids is 1. The molecule has 0 spiro atoms. The summed E-state index contributed by atoms with van der Waals surface area (Å²) in [5.74, 6) is 0.780. The first-order valence-electron chi connectivity index (χ1n) is 9.24. The molecule has 1 amide bonds. The molecule has 1 aliphatic rings. The Morgan fingerprint density at radius 1 is 1.08 bits per heavy atom. The van der Waals surface area contributed by atoms with Crippen LogP contribution >= 0.6 is 0 Å². The standard InChI is InChI=1S/C23H23NO2/c1-3-22(26-20-13-12-17-8-4-5-9-18(17)15-20)23(25)24-16(2)14-19-10-6-7-11-21(19)24/h4-13,15-16,22H,3,14H2,1-2H3/t16-,22-/m1/s1. The van der Waals surface area contributed by atoms with Gasteiger partial charge in [-0.05, 0) is 54.3 Å². The van der Waals surface area contributed by atoms with Crippen LogP contribution in [0.2, 0.25) is 0 Å². The molecule has 3 aromatic carbocycles. The number of benzene rings is 3. The van der Waals surface area contributed by atoms with Gasteiger partial charge in [-0.15, -0.1) is 0 Å². The Hall–Kier alpha value is -2.81. The van der Waals surface area contributed by atoms with Gasteiger partial charge in [-0.25, -0.2) is 0 Å². The molecule has 132 valence electrons. The second-order valence-electron chi connectivity index (χ2n) is 6.91. The van der Waals surface area contributed by atoms with E-state index in [1.807, 2.05) is 60.4 Å². The number of ether oxygens (including phenoxy) is 1. The predicted molar refractivity (Wildman–Crippen MR) is 106 cm³/mol. The monoisotopic (exact) mass is 345 g/mol. The highest BCUT2D eigenvalue weighted by Crippen LogP contribution is 2.33. The van der Waals surface area contributed by atoms with Gasteiger partial charge < -0.3 is 9.64 Å². The van der Waals surface area contributed by atoms with E-state index >= 15 is 0 Å². The van der Waals surface area contributed by atoms with Crippen LogP contribution in [0, 0.1) is 0 Å². The molecule has 3 heteroatoms. The summed E-state index contributed by atoms with van der Waals surface area (Å²) in [6, 6.07) is 22.5. The van der Waals surface area contributed by atoms with Crippen LogP contribution in [0.25, 0.3) is 10.8 Å².